The molecule has 7 nitrogen and oxygen atoms in total. The quantitative estimate of drug-likeness (QED) is 0.426. The maximum atomic E-state index is 9.00. The third kappa shape index (κ3) is 35900000. The second-order valence-electron chi connectivity index (χ2n) is 1.56. The number of carboxylic acids is 3. The molecule has 0 fully saturated rings. The molecule has 0 unspecified atom stereocenters. The van der Waals surface area contributed by atoms with Crippen LogP contribution in [0, 0.1) is 0 Å². The number of carboxylic acid groups (broad SMARTS) is 3. The molecule has 14 heavy (non-hydrogen) atoms. The van der Waals surface area contributed by atoms with Crippen LogP contribution >= 0.6 is 0 Å². The third-order valence-electron chi connectivity index (χ3n) is 0. The number of aliphatic carboxylic acids is 3. The van der Waals surface area contributed by atoms with Crippen LogP contribution in [0.25, 0.3) is 0 Å². The summed E-state index contributed by atoms with van der Waals surface area (Å²) in [5.41, 5.74) is 0. The van der Waals surface area contributed by atoms with Crippen molar-refractivity contribution in [2.24, 2.45) is 0 Å². The molecule has 0 aromatic carbocycles. The summed E-state index contributed by atoms with van der Waals surface area (Å²) >= 11 is 0. The summed E-state index contributed by atoms with van der Waals surface area (Å²) in [7, 11) is 0. The Morgan fingerprint density at radius 1 is 0.714 bits per heavy atom. The van der Waals surface area contributed by atoms with Crippen molar-refractivity contribution < 1.29 is 29.7 Å². The molecule has 0 rings (SSSR count). The molecular formula is C6H16KNO6. The van der Waals surface area contributed by atoms with Gasteiger partial charge in [0.15, 0.2) is 0 Å². The molecule has 0 aliphatic rings. The minimum absolute atomic E-state index is 0. The molecule has 8 heteroatoms. The predicted molar refractivity (Wildman–Crippen MR) is 52.1 cm³/mol. The zero-order valence-electron chi connectivity index (χ0n) is 7.77. The molecule has 82 valence electrons. The standard InChI is InChI=1S/3C2H4O2.K.H3N.H/c3*1-2(3)4;;;/h3*1H3,(H,3,4);;1H3;. The molecule has 0 spiro atoms. The second-order valence-corrected chi connectivity index (χ2v) is 1.56. The summed E-state index contributed by atoms with van der Waals surface area (Å²) in [6.07, 6.45) is 0. The molecule has 0 amide bonds. The van der Waals surface area contributed by atoms with Gasteiger partial charge in [0.1, 0.15) is 0 Å². The molecule has 0 atom stereocenters. The van der Waals surface area contributed by atoms with Crippen LogP contribution in [0.4, 0.5) is 0 Å². The van der Waals surface area contributed by atoms with Gasteiger partial charge < -0.3 is 21.5 Å². The Morgan fingerprint density at radius 2 is 0.714 bits per heavy atom. The molecule has 0 aliphatic carbocycles. The zero-order chi connectivity index (χ0) is 10.7. The van der Waals surface area contributed by atoms with Crippen molar-refractivity contribution in [3.05, 3.63) is 0 Å². The summed E-state index contributed by atoms with van der Waals surface area (Å²) < 4.78 is 0. The van der Waals surface area contributed by atoms with E-state index >= 15 is 0 Å². The number of rotatable bonds is 0. The SMILES string of the molecule is CC(=O)O.CC(=O)O.CC(=O)O.N.[KH]. The fraction of sp³-hybridized carbons (Fsp3) is 0.500. The zero-order valence-corrected chi connectivity index (χ0v) is 7.77. The summed E-state index contributed by atoms with van der Waals surface area (Å²) in [5, 5.41) is 22.2. The van der Waals surface area contributed by atoms with Gasteiger partial charge in [0.05, 0.1) is 0 Å². The van der Waals surface area contributed by atoms with Crippen LogP contribution in [0.15, 0.2) is 0 Å². The summed E-state index contributed by atoms with van der Waals surface area (Å²) in [4.78, 5) is 27.0. The van der Waals surface area contributed by atoms with E-state index in [2.05, 4.69) is 0 Å². The van der Waals surface area contributed by atoms with Crippen molar-refractivity contribution in [1.29, 1.82) is 0 Å². The van der Waals surface area contributed by atoms with Crippen LogP contribution in [0.2, 0.25) is 0 Å². The molecule has 0 saturated heterocycles. The van der Waals surface area contributed by atoms with Gasteiger partial charge in [-0.2, -0.15) is 0 Å². The van der Waals surface area contributed by atoms with Gasteiger partial charge >= 0.3 is 51.4 Å². The van der Waals surface area contributed by atoms with Gasteiger partial charge in [0.2, 0.25) is 0 Å². The van der Waals surface area contributed by atoms with Crippen LogP contribution in [-0.4, -0.2) is 84.6 Å². The van der Waals surface area contributed by atoms with Crippen molar-refractivity contribution in [3.63, 3.8) is 0 Å². The van der Waals surface area contributed by atoms with E-state index in [1.54, 1.807) is 0 Å². The van der Waals surface area contributed by atoms with E-state index < -0.39 is 17.9 Å². The van der Waals surface area contributed by atoms with Crippen molar-refractivity contribution in [2.75, 3.05) is 0 Å². The fourth-order valence-corrected chi connectivity index (χ4v) is 0. The van der Waals surface area contributed by atoms with Crippen molar-refractivity contribution in [1.82, 2.24) is 6.15 Å². The molecule has 0 aromatic heterocycles. The molecule has 0 bridgehead atoms. The molecule has 0 heterocycles. The third-order valence-corrected chi connectivity index (χ3v) is 0. The Kier molecular flexibility index (Phi) is 48.2. The van der Waals surface area contributed by atoms with Gasteiger partial charge in [-0.15, -0.1) is 0 Å². The van der Waals surface area contributed by atoms with Crippen LogP contribution in [0.3, 0.4) is 0 Å². The molecule has 0 saturated carbocycles. The van der Waals surface area contributed by atoms with Crippen LogP contribution in [0.5, 0.6) is 0 Å². The summed E-state index contributed by atoms with van der Waals surface area (Å²) in [6.45, 7) is 3.25. The summed E-state index contributed by atoms with van der Waals surface area (Å²) in [5.74, 6) is -2.50. The molecular weight excluding hydrogens is 221 g/mol. The normalized spacial score (nSPS) is 5.36. The molecule has 0 radical (unpaired) electrons. The van der Waals surface area contributed by atoms with E-state index in [4.69, 9.17) is 29.7 Å². The minimum atomic E-state index is -0.833. The Morgan fingerprint density at radius 3 is 0.714 bits per heavy atom. The molecule has 0 aliphatic heterocycles. The monoisotopic (exact) mass is 237 g/mol. The van der Waals surface area contributed by atoms with Crippen molar-refractivity contribution in [3.8, 4) is 0 Å². The Hall–Kier alpha value is 0.00636. The average molecular weight is 237 g/mol. The summed E-state index contributed by atoms with van der Waals surface area (Å²) in [6, 6.07) is 0. The second kappa shape index (κ2) is 23.1. The van der Waals surface area contributed by atoms with Gasteiger partial charge in [-0.25, -0.2) is 0 Å². The van der Waals surface area contributed by atoms with Crippen LogP contribution < -0.4 is 6.15 Å². The van der Waals surface area contributed by atoms with Crippen LogP contribution in [-0.2, 0) is 14.4 Å². The van der Waals surface area contributed by atoms with Gasteiger partial charge in [-0.3, -0.25) is 14.4 Å². The van der Waals surface area contributed by atoms with Crippen molar-refractivity contribution in [2.45, 2.75) is 20.8 Å². The Labute approximate surface area is 125 Å². The number of carbonyl (C=O) groups is 3. The Bertz CT molecular complexity index is 120. The van der Waals surface area contributed by atoms with Gasteiger partial charge in [-0.1, -0.05) is 0 Å². The Balaban J connectivity index is -0.0000000270. The average Bonchev–Trinajstić information content (AvgIpc) is 1.54. The first-order valence-corrected chi connectivity index (χ1v) is 2.78. The first kappa shape index (κ1) is 29.2. The van der Waals surface area contributed by atoms with Gasteiger partial charge in [0.25, 0.3) is 17.9 Å². The predicted octanol–water partition coefficient (Wildman–Crippen LogP) is -0.214. The van der Waals surface area contributed by atoms with E-state index in [1.165, 1.54) is 0 Å². The molecule has 6 N–H and O–H groups in total. The fourth-order valence-electron chi connectivity index (χ4n) is 0. The number of hydrogen-bond acceptors (Lipinski definition) is 4. The van der Waals surface area contributed by atoms with E-state index in [0.717, 1.165) is 20.8 Å². The van der Waals surface area contributed by atoms with Gasteiger partial charge in [0, 0.05) is 20.8 Å². The van der Waals surface area contributed by atoms with E-state index in [9.17, 15) is 0 Å². The van der Waals surface area contributed by atoms with Crippen LogP contribution in [0.1, 0.15) is 20.8 Å². The molecule has 0 aromatic rings. The van der Waals surface area contributed by atoms with Crippen molar-refractivity contribution >= 4 is 69.3 Å². The first-order valence-electron chi connectivity index (χ1n) is 2.78. The maximum absolute atomic E-state index is 9.00. The van der Waals surface area contributed by atoms with E-state index in [0.29, 0.717) is 0 Å². The first-order chi connectivity index (χ1) is 5.20. The van der Waals surface area contributed by atoms with E-state index in [-0.39, 0.29) is 57.5 Å². The van der Waals surface area contributed by atoms with E-state index in [1.807, 2.05) is 0 Å². The number of hydrogen-bond donors (Lipinski definition) is 4. The topological polar surface area (TPSA) is 147 Å². The van der Waals surface area contributed by atoms with Gasteiger partial charge in [-0.05, 0) is 0 Å².